The molecule has 0 unspecified atom stereocenters. The van der Waals surface area contributed by atoms with Crippen molar-refractivity contribution in [3.63, 3.8) is 0 Å². The third-order valence-electron chi connectivity index (χ3n) is 5.31. The molecule has 0 aliphatic carbocycles. The van der Waals surface area contributed by atoms with Gasteiger partial charge in [-0.2, -0.15) is 5.26 Å². The lowest BCUT2D eigenvalue weighted by atomic mass is 10.0. The normalized spacial score (nSPS) is 12.6. The molecule has 4 aromatic rings. The predicted molar refractivity (Wildman–Crippen MR) is 133 cm³/mol. The van der Waals surface area contributed by atoms with E-state index in [0.29, 0.717) is 28.3 Å². The molecule has 5 rings (SSSR count). The SMILES string of the molecule is CC.N#Cc1ccc(-c2ccc(C(=O)Nc3ccc4cccnc4n3)cc2OC2CNC2)cc1. The third-order valence-corrected chi connectivity index (χ3v) is 5.31. The molecule has 0 atom stereocenters. The van der Waals surface area contributed by atoms with Crippen LogP contribution in [0.2, 0.25) is 0 Å². The van der Waals surface area contributed by atoms with Crippen LogP contribution in [-0.4, -0.2) is 35.1 Å². The van der Waals surface area contributed by atoms with Crippen molar-refractivity contribution < 1.29 is 9.53 Å². The van der Waals surface area contributed by atoms with Gasteiger partial charge in [-0.3, -0.25) is 4.79 Å². The average molecular weight is 452 g/mol. The van der Waals surface area contributed by atoms with Gasteiger partial charge in [0.15, 0.2) is 5.65 Å². The molecule has 0 saturated carbocycles. The second kappa shape index (κ2) is 10.6. The number of aromatic nitrogens is 2. The number of ether oxygens (including phenoxy) is 1. The van der Waals surface area contributed by atoms with E-state index in [0.717, 1.165) is 29.6 Å². The molecule has 2 aromatic heterocycles. The van der Waals surface area contributed by atoms with Gasteiger partial charge in [0, 0.05) is 35.8 Å². The fourth-order valence-electron chi connectivity index (χ4n) is 3.46. The smallest absolute Gasteiger partial charge is 0.256 e. The molecule has 170 valence electrons. The molecule has 7 heteroatoms. The zero-order chi connectivity index (χ0) is 23.9. The molecule has 0 bridgehead atoms. The molecule has 3 heterocycles. The standard InChI is InChI=1S/C25H19N5O2.C2H6/c26-13-16-3-5-17(6-4-16)21-9-7-19(12-22(21)32-20-14-27-15-20)25(31)30-23-10-8-18-2-1-11-28-24(18)29-23;1-2/h1-12,20,27H,14-15H2,(H,28,29,30,31);1-2H3. The lowest BCUT2D eigenvalue weighted by Crippen LogP contribution is -2.50. The Morgan fingerprint density at radius 3 is 2.59 bits per heavy atom. The Morgan fingerprint density at radius 2 is 1.88 bits per heavy atom. The molecule has 7 nitrogen and oxygen atoms in total. The van der Waals surface area contributed by atoms with Gasteiger partial charge in [-0.05, 0) is 60.2 Å². The summed E-state index contributed by atoms with van der Waals surface area (Å²) in [4.78, 5) is 21.6. The van der Waals surface area contributed by atoms with E-state index in [2.05, 4.69) is 26.7 Å². The minimum atomic E-state index is -0.282. The van der Waals surface area contributed by atoms with Gasteiger partial charge in [0.05, 0.1) is 11.6 Å². The van der Waals surface area contributed by atoms with Crippen LogP contribution < -0.4 is 15.4 Å². The number of amides is 1. The fourth-order valence-corrected chi connectivity index (χ4v) is 3.46. The maximum absolute atomic E-state index is 12.9. The van der Waals surface area contributed by atoms with Crippen molar-refractivity contribution in [3.8, 4) is 22.9 Å². The van der Waals surface area contributed by atoms with E-state index in [1.807, 2.05) is 50.2 Å². The van der Waals surface area contributed by atoms with E-state index in [4.69, 9.17) is 10.00 Å². The number of carbonyl (C=O) groups excluding carboxylic acids is 1. The Bertz CT molecular complexity index is 1340. The lowest BCUT2D eigenvalue weighted by molar-refractivity contribution is 0.102. The number of hydrogen-bond acceptors (Lipinski definition) is 6. The Hall–Kier alpha value is -4.28. The molecule has 1 aliphatic rings. The van der Waals surface area contributed by atoms with Crippen molar-refractivity contribution in [2.45, 2.75) is 20.0 Å². The number of nitrogens with zero attached hydrogens (tertiary/aromatic N) is 3. The number of rotatable bonds is 5. The number of pyridine rings is 2. The molecule has 0 spiro atoms. The fraction of sp³-hybridized carbons (Fsp3) is 0.185. The Morgan fingerprint density at radius 1 is 1.09 bits per heavy atom. The Kier molecular flexibility index (Phi) is 7.11. The van der Waals surface area contributed by atoms with Gasteiger partial charge in [-0.25, -0.2) is 9.97 Å². The highest BCUT2D eigenvalue weighted by molar-refractivity contribution is 6.04. The molecule has 1 saturated heterocycles. The van der Waals surface area contributed by atoms with E-state index in [-0.39, 0.29) is 12.0 Å². The zero-order valence-corrected chi connectivity index (χ0v) is 19.1. The predicted octanol–water partition coefficient (Wildman–Crippen LogP) is 4.80. The Labute approximate surface area is 198 Å². The van der Waals surface area contributed by atoms with Crippen LogP contribution in [0.5, 0.6) is 5.75 Å². The zero-order valence-electron chi connectivity index (χ0n) is 19.1. The minimum absolute atomic E-state index is 0.0543. The maximum atomic E-state index is 12.9. The van der Waals surface area contributed by atoms with E-state index in [1.165, 1.54) is 0 Å². The minimum Gasteiger partial charge on any atom is -0.487 e. The van der Waals surface area contributed by atoms with Gasteiger partial charge in [-0.15, -0.1) is 0 Å². The molecule has 1 fully saturated rings. The van der Waals surface area contributed by atoms with Crippen molar-refractivity contribution >= 4 is 22.8 Å². The summed E-state index contributed by atoms with van der Waals surface area (Å²) in [6.07, 6.45) is 1.72. The summed E-state index contributed by atoms with van der Waals surface area (Å²) in [5, 5.41) is 16.0. The molecule has 0 radical (unpaired) electrons. The van der Waals surface area contributed by atoms with Crippen molar-refractivity contribution in [2.75, 3.05) is 18.4 Å². The number of nitriles is 1. The number of hydrogen-bond donors (Lipinski definition) is 2. The molecule has 34 heavy (non-hydrogen) atoms. The van der Waals surface area contributed by atoms with E-state index >= 15 is 0 Å². The van der Waals surface area contributed by atoms with Crippen molar-refractivity contribution in [3.05, 3.63) is 84.1 Å². The summed E-state index contributed by atoms with van der Waals surface area (Å²) in [5.41, 5.74) is 3.41. The van der Waals surface area contributed by atoms with Gasteiger partial charge in [0.25, 0.3) is 5.91 Å². The molecular weight excluding hydrogens is 426 g/mol. The topological polar surface area (TPSA) is 99.9 Å². The molecule has 1 amide bonds. The summed E-state index contributed by atoms with van der Waals surface area (Å²) in [7, 11) is 0. The number of carbonyl (C=O) groups is 1. The summed E-state index contributed by atoms with van der Waals surface area (Å²) in [6.45, 7) is 5.52. The van der Waals surface area contributed by atoms with Gasteiger partial charge in [0.2, 0.25) is 0 Å². The monoisotopic (exact) mass is 451 g/mol. The first-order valence-electron chi connectivity index (χ1n) is 11.2. The van der Waals surface area contributed by atoms with Crippen LogP contribution in [0.1, 0.15) is 29.8 Å². The quantitative estimate of drug-likeness (QED) is 0.452. The molecular formula is C27H25N5O2. The highest BCUT2D eigenvalue weighted by Gasteiger charge is 2.21. The first-order valence-corrected chi connectivity index (χ1v) is 11.2. The summed E-state index contributed by atoms with van der Waals surface area (Å²) >= 11 is 0. The number of benzene rings is 2. The highest BCUT2D eigenvalue weighted by atomic mass is 16.5. The Balaban J connectivity index is 0.00000133. The number of fused-ring (bicyclic) bond motifs is 1. The van der Waals surface area contributed by atoms with Gasteiger partial charge in [0.1, 0.15) is 17.7 Å². The number of nitrogens with one attached hydrogen (secondary N) is 2. The summed E-state index contributed by atoms with van der Waals surface area (Å²) in [5.74, 6) is 0.778. The first kappa shape index (κ1) is 22.9. The van der Waals surface area contributed by atoms with Crippen LogP contribution in [-0.2, 0) is 0 Å². The third kappa shape index (κ3) is 5.03. The van der Waals surface area contributed by atoms with Crippen molar-refractivity contribution in [1.29, 1.82) is 5.26 Å². The average Bonchev–Trinajstić information content (AvgIpc) is 2.87. The van der Waals surface area contributed by atoms with Crippen LogP contribution in [0.15, 0.2) is 72.9 Å². The highest BCUT2D eigenvalue weighted by Crippen LogP contribution is 2.32. The molecule has 2 N–H and O–H groups in total. The van der Waals surface area contributed by atoms with Crippen LogP contribution >= 0.6 is 0 Å². The van der Waals surface area contributed by atoms with Crippen LogP contribution in [0.25, 0.3) is 22.2 Å². The summed E-state index contributed by atoms with van der Waals surface area (Å²) < 4.78 is 6.16. The lowest BCUT2D eigenvalue weighted by Gasteiger charge is -2.29. The van der Waals surface area contributed by atoms with Crippen molar-refractivity contribution in [2.24, 2.45) is 0 Å². The van der Waals surface area contributed by atoms with E-state index < -0.39 is 0 Å². The van der Waals surface area contributed by atoms with Crippen LogP contribution in [0.4, 0.5) is 5.82 Å². The largest absolute Gasteiger partial charge is 0.487 e. The maximum Gasteiger partial charge on any atom is 0.256 e. The van der Waals surface area contributed by atoms with Crippen LogP contribution in [0.3, 0.4) is 0 Å². The van der Waals surface area contributed by atoms with E-state index in [1.54, 1.807) is 36.5 Å². The first-order chi connectivity index (χ1) is 16.7. The van der Waals surface area contributed by atoms with E-state index in [9.17, 15) is 4.79 Å². The van der Waals surface area contributed by atoms with Gasteiger partial charge >= 0.3 is 0 Å². The van der Waals surface area contributed by atoms with Crippen molar-refractivity contribution in [1.82, 2.24) is 15.3 Å². The van der Waals surface area contributed by atoms with Gasteiger partial charge < -0.3 is 15.4 Å². The molecule has 2 aromatic carbocycles. The van der Waals surface area contributed by atoms with Gasteiger partial charge in [-0.1, -0.05) is 26.0 Å². The second-order valence-corrected chi connectivity index (χ2v) is 7.50. The number of anilines is 1. The summed E-state index contributed by atoms with van der Waals surface area (Å²) in [6, 6.07) is 22.2. The van der Waals surface area contributed by atoms with Crippen LogP contribution in [0, 0.1) is 11.3 Å². The molecule has 1 aliphatic heterocycles. The second-order valence-electron chi connectivity index (χ2n) is 7.50.